The van der Waals surface area contributed by atoms with Gasteiger partial charge in [-0.15, -0.1) is 10.2 Å². The highest BCUT2D eigenvalue weighted by atomic mass is 16.5. The number of hydrogen-bond donors (Lipinski definition) is 3. The molecule has 3 aromatic heterocycles. The van der Waals surface area contributed by atoms with E-state index in [1.54, 1.807) is 58.1 Å². The van der Waals surface area contributed by atoms with E-state index in [-0.39, 0.29) is 46.7 Å². The molecule has 15 heteroatoms. The van der Waals surface area contributed by atoms with Gasteiger partial charge in [-0.25, -0.2) is 0 Å². The number of carbonyl (C=O) groups excluding carboxylic acids is 3. The monoisotopic (exact) mass is 707 g/mol. The highest BCUT2D eigenvalue weighted by Crippen LogP contribution is 2.45. The van der Waals surface area contributed by atoms with E-state index in [1.807, 2.05) is 18.2 Å². The number of aromatic nitrogens is 3. The Labute approximate surface area is 297 Å². The summed E-state index contributed by atoms with van der Waals surface area (Å²) in [6, 6.07) is 9.42. The SMILES string of the molecule is COc1cc(-c2cn(C)c(=O)c3cnccc23)cc(OC)c1CN1CCC(C(=O)N=Nc2cccc3c(O)n(C4CCC(=O)NC4=O)c(O)c23)CC1. The molecule has 268 valence electrons. The van der Waals surface area contributed by atoms with E-state index in [9.17, 15) is 29.4 Å². The number of azo groups is 1. The maximum absolute atomic E-state index is 13.2. The Balaban J connectivity index is 1.06. The molecule has 2 aromatic carbocycles. The first-order valence-corrected chi connectivity index (χ1v) is 16.8. The number of aromatic hydroxyl groups is 2. The first-order valence-electron chi connectivity index (χ1n) is 16.8. The van der Waals surface area contributed by atoms with Crippen LogP contribution in [0.2, 0.25) is 0 Å². The molecule has 0 aliphatic carbocycles. The zero-order valence-corrected chi connectivity index (χ0v) is 28.8. The molecule has 7 rings (SSSR count). The number of ether oxygens (including phenoxy) is 2. The summed E-state index contributed by atoms with van der Waals surface area (Å²) >= 11 is 0. The molecule has 5 heterocycles. The first kappa shape index (κ1) is 34.4. The number of fused-ring (bicyclic) bond motifs is 2. The van der Waals surface area contributed by atoms with E-state index in [2.05, 4.69) is 25.4 Å². The van der Waals surface area contributed by atoms with Gasteiger partial charge in [-0.3, -0.25) is 38.9 Å². The number of benzene rings is 2. The number of imide groups is 1. The Kier molecular flexibility index (Phi) is 9.19. The third kappa shape index (κ3) is 6.12. The Bertz CT molecular complexity index is 2310. The van der Waals surface area contributed by atoms with Crippen molar-refractivity contribution in [1.82, 2.24) is 24.3 Å². The Hall–Kier alpha value is -6.09. The quantitative estimate of drug-likeness (QED) is 0.153. The number of piperidine rings is 2. The van der Waals surface area contributed by atoms with Gasteiger partial charge in [0, 0.05) is 55.5 Å². The fourth-order valence-electron chi connectivity index (χ4n) is 7.20. The van der Waals surface area contributed by atoms with E-state index in [0.29, 0.717) is 49.4 Å². The minimum atomic E-state index is -0.988. The molecular formula is C37H37N7O8. The molecule has 52 heavy (non-hydrogen) atoms. The van der Waals surface area contributed by atoms with Crippen molar-refractivity contribution in [2.75, 3.05) is 27.3 Å². The number of nitrogens with one attached hydrogen (secondary N) is 1. The Morgan fingerprint density at radius 3 is 2.40 bits per heavy atom. The molecule has 0 radical (unpaired) electrons. The second-order valence-electron chi connectivity index (χ2n) is 13.0. The molecule has 1 unspecified atom stereocenters. The molecule has 2 fully saturated rings. The minimum absolute atomic E-state index is 0.0608. The normalized spacial score (nSPS) is 17.2. The van der Waals surface area contributed by atoms with Crippen molar-refractivity contribution in [2.24, 2.45) is 23.2 Å². The summed E-state index contributed by atoms with van der Waals surface area (Å²) in [5.41, 5.74) is 2.54. The van der Waals surface area contributed by atoms with Gasteiger partial charge in [0.15, 0.2) is 0 Å². The number of nitrogens with zero attached hydrogens (tertiary/aromatic N) is 6. The lowest BCUT2D eigenvalue weighted by Gasteiger charge is -2.31. The largest absolute Gasteiger partial charge is 0.496 e. The number of amides is 3. The van der Waals surface area contributed by atoms with Crippen LogP contribution in [-0.2, 0) is 28.0 Å². The number of aryl methyl sites for hydroxylation is 1. The number of carbonyl (C=O) groups is 3. The molecule has 0 saturated carbocycles. The van der Waals surface area contributed by atoms with Crippen LogP contribution < -0.4 is 20.3 Å². The van der Waals surface area contributed by atoms with E-state index >= 15 is 0 Å². The Morgan fingerprint density at radius 2 is 1.71 bits per heavy atom. The van der Waals surface area contributed by atoms with Gasteiger partial charge in [0.2, 0.25) is 23.6 Å². The molecule has 2 aliphatic heterocycles. The standard InChI is InChI=1S/C37H37N7O8/c1-42-18-25(22-9-12-38-17-24(22)35(42)48)21-15-29(51-2)26(30(16-21)52-3)19-43-13-10-20(11-14-43)33(46)41-40-27-6-4-5-23-32(27)37(50)44(36(23)49)28-7-8-31(45)39-34(28)47/h4-6,9,12,15-18,20,28,49-50H,7-8,10-11,13-14,19H2,1-3H3,(H,39,45,47). The second-order valence-corrected chi connectivity index (χ2v) is 13.0. The number of hydrogen-bond acceptors (Lipinski definition) is 11. The van der Waals surface area contributed by atoms with Crippen molar-refractivity contribution < 1.29 is 34.1 Å². The topological polar surface area (TPSA) is 190 Å². The van der Waals surface area contributed by atoms with Gasteiger partial charge in [0.05, 0.1) is 36.2 Å². The number of pyridine rings is 2. The number of rotatable bonds is 8. The fourth-order valence-corrected chi connectivity index (χ4v) is 7.20. The molecule has 1 atom stereocenters. The van der Waals surface area contributed by atoms with Crippen LogP contribution in [-0.4, -0.2) is 74.3 Å². The van der Waals surface area contributed by atoms with Gasteiger partial charge in [-0.05, 0) is 73.6 Å². The number of methoxy groups -OCH3 is 2. The summed E-state index contributed by atoms with van der Waals surface area (Å²) in [7, 11) is 4.91. The van der Waals surface area contributed by atoms with Crippen molar-refractivity contribution >= 4 is 45.0 Å². The maximum Gasteiger partial charge on any atom is 0.267 e. The molecular weight excluding hydrogens is 670 g/mol. The predicted octanol–water partition coefficient (Wildman–Crippen LogP) is 4.48. The van der Waals surface area contributed by atoms with Crippen molar-refractivity contribution in [1.29, 1.82) is 0 Å². The van der Waals surface area contributed by atoms with E-state index < -0.39 is 29.6 Å². The van der Waals surface area contributed by atoms with Gasteiger partial charge in [0.25, 0.3) is 11.5 Å². The lowest BCUT2D eigenvalue weighted by atomic mass is 9.95. The average Bonchev–Trinajstić information content (AvgIpc) is 3.41. The fraction of sp³-hybridized carbons (Fsp3) is 0.324. The zero-order valence-electron chi connectivity index (χ0n) is 28.8. The highest BCUT2D eigenvalue weighted by molar-refractivity contribution is 6.04. The molecule has 3 amide bonds. The van der Waals surface area contributed by atoms with Crippen LogP contribution in [0.25, 0.3) is 32.7 Å². The number of likely N-dealkylation sites (tertiary alicyclic amines) is 1. The zero-order chi connectivity index (χ0) is 36.7. The summed E-state index contributed by atoms with van der Waals surface area (Å²) in [6.07, 6.45) is 6.28. The summed E-state index contributed by atoms with van der Waals surface area (Å²) in [5, 5.41) is 34.0. The molecule has 2 aliphatic rings. The van der Waals surface area contributed by atoms with E-state index in [1.165, 1.54) is 4.57 Å². The maximum atomic E-state index is 13.2. The van der Waals surface area contributed by atoms with Gasteiger partial charge < -0.3 is 24.3 Å². The van der Waals surface area contributed by atoms with E-state index in [4.69, 9.17) is 9.47 Å². The van der Waals surface area contributed by atoms with E-state index in [0.717, 1.165) is 26.6 Å². The van der Waals surface area contributed by atoms with Crippen LogP contribution in [0.1, 0.15) is 37.3 Å². The van der Waals surface area contributed by atoms with Gasteiger partial charge >= 0.3 is 0 Å². The van der Waals surface area contributed by atoms with Crippen molar-refractivity contribution in [2.45, 2.75) is 38.3 Å². The average molecular weight is 708 g/mol. The molecule has 15 nitrogen and oxygen atoms in total. The third-order valence-electron chi connectivity index (χ3n) is 9.96. The highest BCUT2D eigenvalue weighted by Gasteiger charge is 2.34. The molecule has 0 bridgehead atoms. The lowest BCUT2D eigenvalue weighted by molar-refractivity contribution is -0.136. The summed E-state index contributed by atoms with van der Waals surface area (Å²) in [6.45, 7) is 1.73. The van der Waals surface area contributed by atoms with Crippen molar-refractivity contribution in [3.05, 3.63) is 70.9 Å². The van der Waals surface area contributed by atoms with Crippen molar-refractivity contribution in [3.63, 3.8) is 0 Å². The van der Waals surface area contributed by atoms with Gasteiger partial charge in [-0.2, -0.15) is 0 Å². The molecule has 0 spiro atoms. The molecule has 2 saturated heterocycles. The van der Waals surface area contributed by atoms with Crippen molar-refractivity contribution in [3.8, 4) is 34.4 Å². The first-order chi connectivity index (χ1) is 25.1. The van der Waals surface area contributed by atoms with Crippen LogP contribution in [0, 0.1) is 5.92 Å². The summed E-state index contributed by atoms with van der Waals surface area (Å²) in [5.74, 6) is -1.31. The lowest BCUT2D eigenvalue weighted by Crippen LogP contribution is -2.41. The smallest absolute Gasteiger partial charge is 0.267 e. The minimum Gasteiger partial charge on any atom is -0.496 e. The Morgan fingerprint density at radius 1 is 0.981 bits per heavy atom. The van der Waals surface area contributed by atoms with Crippen LogP contribution >= 0.6 is 0 Å². The summed E-state index contributed by atoms with van der Waals surface area (Å²) < 4.78 is 14.3. The summed E-state index contributed by atoms with van der Waals surface area (Å²) in [4.78, 5) is 56.4. The van der Waals surface area contributed by atoms with Crippen LogP contribution in [0.5, 0.6) is 23.3 Å². The second kappa shape index (κ2) is 13.9. The van der Waals surface area contributed by atoms with Crippen LogP contribution in [0.4, 0.5) is 5.69 Å². The molecule has 5 aromatic rings. The third-order valence-corrected chi connectivity index (χ3v) is 9.96. The molecule has 3 N–H and O–H groups in total. The van der Waals surface area contributed by atoms with Gasteiger partial charge in [0.1, 0.15) is 17.5 Å². The van der Waals surface area contributed by atoms with Crippen LogP contribution in [0.3, 0.4) is 0 Å². The predicted molar refractivity (Wildman–Crippen MR) is 190 cm³/mol. The van der Waals surface area contributed by atoms with Gasteiger partial charge in [-0.1, -0.05) is 6.07 Å². The van der Waals surface area contributed by atoms with Crippen LogP contribution in [0.15, 0.2) is 70.0 Å².